The van der Waals surface area contributed by atoms with E-state index in [0.717, 1.165) is 27.8 Å². The normalized spacial score (nSPS) is 20.1. The average molecular weight is 431 g/mol. The van der Waals surface area contributed by atoms with Gasteiger partial charge in [-0.15, -0.1) is 0 Å². The predicted molar refractivity (Wildman–Crippen MR) is 121 cm³/mol. The van der Waals surface area contributed by atoms with Crippen LogP contribution in [0.5, 0.6) is 11.5 Å². The van der Waals surface area contributed by atoms with E-state index in [4.69, 9.17) is 20.2 Å². The lowest BCUT2D eigenvalue weighted by atomic mass is 9.79. The van der Waals surface area contributed by atoms with Crippen LogP contribution in [0.4, 0.5) is 0 Å². The van der Waals surface area contributed by atoms with Crippen molar-refractivity contribution in [2.75, 3.05) is 6.61 Å². The van der Waals surface area contributed by atoms with Crippen molar-refractivity contribution in [3.05, 3.63) is 71.8 Å². The molecule has 0 amide bonds. The topological polar surface area (TPSA) is 103 Å². The number of aliphatic hydroxyl groups excluding tert-OH is 1. The van der Waals surface area contributed by atoms with E-state index < -0.39 is 11.6 Å². The maximum Gasteiger partial charge on any atom is 0.283 e. The molecule has 5 rings (SSSR count). The lowest BCUT2D eigenvalue weighted by molar-refractivity contribution is 0.122. The van der Waals surface area contributed by atoms with Crippen molar-refractivity contribution < 1.29 is 14.6 Å². The van der Waals surface area contributed by atoms with Gasteiger partial charge in [-0.1, -0.05) is 32.9 Å². The molecule has 32 heavy (non-hydrogen) atoms. The summed E-state index contributed by atoms with van der Waals surface area (Å²) in [4.78, 5) is 13.0. The van der Waals surface area contributed by atoms with Crippen LogP contribution in [0.3, 0.4) is 0 Å². The third kappa shape index (κ3) is 3.48. The Kier molecular flexibility index (Phi) is 4.67. The maximum absolute atomic E-state index is 10.9. The Morgan fingerprint density at radius 2 is 1.72 bits per heavy atom. The number of nitrogens with zero attached hydrogens (tertiary/aromatic N) is 3. The number of hydrogen-bond donors (Lipinski definition) is 2. The summed E-state index contributed by atoms with van der Waals surface area (Å²) in [6.07, 6.45) is 5.07. The Bertz CT molecular complexity index is 1200. The van der Waals surface area contributed by atoms with Crippen LogP contribution in [-0.2, 0) is 10.3 Å². The molecular formula is C25H26N4O3. The number of aliphatic hydroxyl groups is 1. The van der Waals surface area contributed by atoms with Crippen molar-refractivity contribution >= 4 is 6.02 Å². The second kappa shape index (κ2) is 7.31. The molecule has 7 heteroatoms. The number of aliphatic imine (C=N–C) groups is 1. The SMILES string of the molecule is CC(C)(C)C[C@H](O)c1ccc2c(c1)C1(COC(N)=N1)c1cc(-c3cncnc3)ccc1O2. The number of benzene rings is 2. The molecule has 3 heterocycles. The van der Waals surface area contributed by atoms with Crippen LogP contribution in [0.1, 0.15) is 50.0 Å². The zero-order valence-electron chi connectivity index (χ0n) is 18.4. The molecule has 7 nitrogen and oxygen atoms in total. The summed E-state index contributed by atoms with van der Waals surface area (Å²) in [5.74, 6) is 1.38. The fourth-order valence-electron chi connectivity index (χ4n) is 4.41. The average Bonchev–Trinajstić information content (AvgIpc) is 3.15. The van der Waals surface area contributed by atoms with Gasteiger partial charge in [0.25, 0.3) is 6.02 Å². The van der Waals surface area contributed by atoms with Crippen LogP contribution in [-0.4, -0.2) is 27.7 Å². The van der Waals surface area contributed by atoms with Crippen molar-refractivity contribution in [2.45, 2.75) is 38.8 Å². The smallest absolute Gasteiger partial charge is 0.283 e. The van der Waals surface area contributed by atoms with Gasteiger partial charge in [-0.2, -0.15) is 0 Å². The fraction of sp³-hybridized carbons (Fsp3) is 0.320. The van der Waals surface area contributed by atoms with E-state index in [9.17, 15) is 5.11 Å². The van der Waals surface area contributed by atoms with Crippen molar-refractivity contribution in [3.8, 4) is 22.6 Å². The predicted octanol–water partition coefficient (Wildman–Crippen LogP) is 4.31. The molecular weight excluding hydrogens is 404 g/mol. The molecule has 0 saturated carbocycles. The van der Waals surface area contributed by atoms with Crippen LogP contribution in [0.2, 0.25) is 0 Å². The highest BCUT2D eigenvalue weighted by Gasteiger charge is 2.47. The summed E-state index contributed by atoms with van der Waals surface area (Å²) >= 11 is 0. The molecule has 2 atom stereocenters. The van der Waals surface area contributed by atoms with Gasteiger partial charge in [0.05, 0.1) is 6.10 Å². The van der Waals surface area contributed by atoms with E-state index in [1.165, 1.54) is 6.33 Å². The highest BCUT2D eigenvalue weighted by molar-refractivity contribution is 5.77. The van der Waals surface area contributed by atoms with Crippen LogP contribution in [0.25, 0.3) is 11.1 Å². The number of ether oxygens (including phenoxy) is 2. The van der Waals surface area contributed by atoms with Gasteiger partial charge in [0.1, 0.15) is 24.4 Å². The summed E-state index contributed by atoms with van der Waals surface area (Å²) < 4.78 is 11.9. The molecule has 2 aromatic carbocycles. The van der Waals surface area contributed by atoms with Gasteiger partial charge in [0.15, 0.2) is 5.54 Å². The lowest BCUT2D eigenvalue weighted by Crippen LogP contribution is -2.31. The molecule has 0 aliphatic carbocycles. The summed E-state index contributed by atoms with van der Waals surface area (Å²) in [7, 11) is 0. The van der Waals surface area contributed by atoms with Gasteiger partial charge < -0.3 is 20.3 Å². The zero-order valence-corrected chi connectivity index (χ0v) is 18.4. The number of rotatable bonds is 3. The zero-order chi connectivity index (χ0) is 22.5. The second-order valence-electron chi connectivity index (χ2n) is 9.58. The molecule has 0 bridgehead atoms. The Morgan fingerprint density at radius 3 is 2.38 bits per heavy atom. The van der Waals surface area contributed by atoms with Crippen molar-refractivity contribution in [3.63, 3.8) is 0 Å². The van der Waals surface area contributed by atoms with Gasteiger partial charge in [-0.3, -0.25) is 0 Å². The highest BCUT2D eigenvalue weighted by atomic mass is 16.5. The molecule has 3 aromatic rings. The van der Waals surface area contributed by atoms with Crippen molar-refractivity contribution in [1.82, 2.24) is 9.97 Å². The van der Waals surface area contributed by atoms with Crippen LogP contribution in [0, 0.1) is 5.41 Å². The lowest BCUT2D eigenvalue weighted by Gasteiger charge is -2.34. The molecule has 0 saturated heterocycles. The Morgan fingerprint density at radius 1 is 1.03 bits per heavy atom. The number of hydrogen-bond acceptors (Lipinski definition) is 7. The first-order valence-corrected chi connectivity index (χ1v) is 10.6. The van der Waals surface area contributed by atoms with E-state index in [0.29, 0.717) is 17.9 Å². The second-order valence-corrected chi connectivity index (χ2v) is 9.58. The van der Waals surface area contributed by atoms with Gasteiger partial charge in [0.2, 0.25) is 0 Å². The monoisotopic (exact) mass is 430 g/mol. The maximum atomic E-state index is 10.9. The molecule has 1 unspecified atom stereocenters. The van der Waals surface area contributed by atoms with Gasteiger partial charge in [-0.25, -0.2) is 15.0 Å². The van der Waals surface area contributed by atoms with E-state index in [2.05, 4.69) is 30.7 Å². The number of nitrogens with two attached hydrogens (primary N) is 1. The van der Waals surface area contributed by atoms with Gasteiger partial charge in [-0.05, 0) is 47.2 Å². The van der Waals surface area contributed by atoms with Crippen LogP contribution in [0.15, 0.2) is 60.1 Å². The molecule has 2 aliphatic rings. The Hall–Kier alpha value is -3.45. The summed E-state index contributed by atoms with van der Waals surface area (Å²) in [6.45, 7) is 6.59. The van der Waals surface area contributed by atoms with Crippen molar-refractivity contribution in [1.29, 1.82) is 0 Å². The number of fused-ring (bicyclic) bond motifs is 4. The largest absolute Gasteiger partial charge is 0.462 e. The third-order valence-electron chi connectivity index (χ3n) is 5.91. The molecule has 2 aliphatic heterocycles. The standard InChI is InChI=1S/C25H26N4O3/c1-24(2,3)10-20(30)16-5-7-22-19(9-16)25(13-31-23(26)29-25)18-8-15(4-6-21(18)32-22)17-11-27-14-28-12-17/h4-9,11-12,14,20,30H,10,13H2,1-3H3,(H2,26,29)/t20-,25?/m0/s1. The minimum atomic E-state index is -0.851. The summed E-state index contributed by atoms with van der Waals surface area (Å²) in [5, 5.41) is 10.9. The summed E-state index contributed by atoms with van der Waals surface area (Å²) in [5.41, 5.74) is 9.48. The summed E-state index contributed by atoms with van der Waals surface area (Å²) in [6, 6.07) is 11.8. The first-order valence-electron chi connectivity index (χ1n) is 10.6. The van der Waals surface area contributed by atoms with Gasteiger partial charge in [0, 0.05) is 29.1 Å². The third-order valence-corrected chi connectivity index (χ3v) is 5.91. The van der Waals surface area contributed by atoms with Crippen LogP contribution >= 0.6 is 0 Å². The molecule has 0 fully saturated rings. The van der Waals surface area contributed by atoms with Crippen LogP contribution < -0.4 is 10.5 Å². The molecule has 164 valence electrons. The molecule has 0 radical (unpaired) electrons. The quantitative estimate of drug-likeness (QED) is 0.642. The number of aromatic nitrogens is 2. The Balaban J connectivity index is 1.65. The first-order chi connectivity index (χ1) is 15.2. The van der Waals surface area contributed by atoms with Crippen molar-refractivity contribution in [2.24, 2.45) is 16.1 Å². The van der Waals surface area contributed by atoms with Gasteiger partial charge >= 0.3 is 0 Å². The van der Waals surface area contributed by atoms with E-state index in [1.54, 1.807) is 12.4 Å². The highest BCUT2D eigenvalue weighted by Crippen LogP contribution is 2.52. The molecule has 1 aromatic heterocycles. The number of amidine groups is 1. The first kappa shape index (κ1) is 20.5. The fourth-order valence-corrected chi connectivity index (χ4v) is 4.41. The molecule has 3 N–H and O–H groups in total. The Labute approximate surface area is 187 Å². The van der Waals surface area contributed by atoms with E-state index in [-0.39, 0.29) is 18.0 Å². The molecule has 1 spiro atoms. The van der Waals surface area contributed by atoms with E-state index >= 15 is 0 Å². The van der Waals surface area contributed by atoms with E-state index in [1.807, 2.05) is 36.4 Å². The minimum Gasteiger partial charge on any atom is -0.462 e. The minimum absolute atomic E-state index is 0.0121.